The van der Waals surface area contributed by atoms with Crippen molar-refractivity contribution in [2.75, 3.05) is 6.61 Å². The van der Waals surface area contributed by atoms with Crippen molar-refractivity contribution in [3.05, 3.63) is 144 Å². The van der Waals surface area contributed by atoms with Crippen LogP contribution in [-0.4, -0.2) is 43.4 Å². The van der Waals surface area contributed by atoms with E-state index < -0.39 is 30.7 Å². The van der Waals surface area contributed by atoms with Crippen LogP contribution >= 0.6 is 0 Å². The summed E-state index contributed by atoms with van der Waals surface area (Å²) in [6.07, 6.45) is 0.756. The Kier molecular flexibility index (Phi) is 13.7. The zero-order chi connectivity index (χ0) is 34.5. The number of benzene rings is 4. The molecule has 0 aromatic heterocycles. The van der Waals surface area contributed by atoms with Gasteiger partial charge in [0, 0.05) is 0 Å². The lowest BCUT2D eigenvalue weighted by molar-refractivity contribution is -0.341. The topological polar surface area (TPSA) is 55.4 Å². The smallest absolute Gasteiger partial charge is 0.187 e. The largest absolute Gasteiger partial charge is 0.374 e. The van der Waals surface area contributed by atoms with Gasteiger partial charge in [-0.2, -0.15) is 0 Å². The Morgan fingerprint density at radius 2 is 1.04 bits per heavy atom. The lowest BCUT2D eigenvalue weighted by Gasteiger charge is -2.48. The third-order valence-corrected chi connectivity index (χ3v) is 10.1. The fourth-order valence-electron chi connectivity index (χ4n) is 7.30. The second-order valence-corrected chi connectivity index (χ2v) is 14.3. The lowest BCUT2D eigenvalue weighted by atomic mass is 9.75. The second-order valence-electron chi connectivity index (χ2n) is 14.3. The van der Waals surface area contributed by atoms with Crippen molar-refractivity contribution >= 4 is 0 Å². The normalized spacial score (nSPS) is 27.0. The van der Waals surface area contributed by atoms with Crippen LogP contribution in [0.3, 0.4) is 0 Å². The molecule has 266 valence electrons. The number of hydrogen-bond acceptors (Lipinski definition) is 6. The van der Waals surface area contributed by atoms with Gasteiger partial charge in [-0.1, -0.05) is 149 Å². The van der Waals surface area contributed by atoms with E-state index >= 15 is 0 Å². The maximum atomic E-state index is 7.13. The molecule has 0 amide bonds. The van der Waals surface area contributed by atoms with Crippen molar-refractivity contribution < 1.29 is 28.4 Å². The summed E-state index contributed by atoms with van der Waals surface area (Å²) in [5, 5.41) is 0. The van der Waals surface area contributed by atoms with Crippen molar-refractivity contribution in [1.82, 2.24) is 0 Å². The highest BCUT2D eigenvalue weighted by Crippen LogP contribution is 2.39. The lowest BCUT2D eigenvalue weighted by Crippen LogP contribution is -2.62. The summed E-state index contributed by atoms with van der Waals surface area (Å²) >= 11 is 0. The highest BCUT2D eigenvalue weighted by molar-refractivity contribution is 5.16. The van der Waals surface area contributed by atoms with Crippen LogP contribution in [0.25, 0.3) is 0 Å². The third-order valence-electron chi connectivity index (χ3n) is 10.1. The summed E-state index contributed by atoms with van der Waals surface area (Å²) in [5.74, 6) is 1.52. The van der Waals surface area contributed by atoms with E-state index in [0.717, 1.165) is 35.1 Å². The van der Waals surface area contributed by atoms with Gasteiger partial charge in [0.1, 0.15) is 24.4 Å². The third kappa shape index (κ3) is 10.3. The Morgan fingerprint density at radius 1 is 0.580 bits per heavy atom. The molecule has 4 aromatic carbocycles. The van der Waals surface area contributed by atoms with Gasteiger partial charge in [-0.25, -0.2) is 0 Å². The minimum Gasteiger partial charge on any atom is -0.374 e. The summed E-state index contributed by atoms with van der Waals surface area (Å²) in [5.41, 5.74) is 4.34. The number of hydrogen-bond donors (Lipinski definition) is 0. The van der Waals surface area contributed by atoms with Crippen molar-refractivity contribution in [2.45, 2.75) is 103 Å². The molecular weight excluding hydrogens is 624 g/mol. The average Bonchev–Trinajstić information content (AvgIpc) is 3.14. The molecule has 1 heterocycles. The van der Waals surface area contributed by atoms with Crippen molar-refractivity contribution in [3.8, 4) is 0 Å². The van der Waals surface area contributed by atoms with Gasteiger partial charge in [0.15, 0.2) is 6.29 Å². The molecule has 8 atom stereocenters. The number of ether oxygens (including phenoxy) is 6. The van der Waals surface area contributed by atoms with Crippen LogP contribution in [0, 0.1) is 17.8 Å². The van der Waals surface area contributed by atoms with E-state index in [0.29, 0.717) is 50.8 Å². The fraction of sp³-hybridized carbons (Fsp3) is 0.455. The molecule has 2 aliphatic rings. The highest BCUT2D eigenvalue weighted by Gasteiger charge is 2.50. The maximum absolute atomic E-state index is 7.13. The Labute approximate surface area is 299 Å². The molecule has 1 unspecified atom stereocenters. The minimum absolute atomic E-state index is 0.0500. The highest BCUT2D eigenvalue weighted by atomic mass is 16.7. The predicted molar refractivity (Wildman–Crippen MR) is 196 cm³/mol. The summed E-state index contributed by atoms with van der Waals surface area (Å²) in [7, 11) is 0. The molecular formula is C44H54O6. The molecule has 1 saturated heterocycles. The molecule has 0 spiro atoms. The van der Waals surface area contributed by atoms with E-state index in [-0.39, 0.29) is 6.10 Å². The van der Waals surface area contributed by atoms with Crippen LogP contribution < -0.4 is 0 Å². The van der Waals surface area contributed by atoms with Gasteiger partial charge in [-0.15, -0.1) is 0 Å². The van der Waals surface area contributed by atoms with Gasteiger partial charge in [-0.3, -0.25) is 0 Å². The predicted octanol–water partition coefficient (Wildman–Crippen LogP) is 9.16. The van der Waals surface area contributed by atoms with Gasteiger partial charge in [0.05, 0.1) is 39.1 Å². The molecule has 2 fully saturated rings. The van der Waals surface area contributed by atoms with E-state index in [9.17, 15) is 0 Å². The summed E-state index contributed by atoms with van der Waals surface area (Å²) in [6, 6.07) is 41.0. The van der Waals surface area contributed by atoms with Crippen LogP contribution in [0.5, 0.6) is 0 Å². The van der Waals surface area contributed by atoms with Crippen molar-refractivity contribution in [2.24, 2.45) is 17.8 Å². The first-order valence-electron chi connectivity index (χ1n) is 18.4. The van der Waals surface area contributed by atoms with Gasteiger partial charge in [0.25, 0.3) is 0 Å². The molecule has 0 bridgehead atoms. The second kappa shape index (κ2) is 18.8. The molecule has 6 rings (SSSR count). The standard InChI is InChI=1S/C44H54O6/c1-32(2)38-25-24-33(3)26-39(38)49-44-43(48-30-37-22-14-7-15-23-37)42(47-29-36-20-12-6-13-21-36)41(46-28-35-18-10-5-11-19-35)40(50-44)31-45-27-34-16-8-4-9-17-34/h4-23,32-33,38-44H,24-31H2,1-3H3/t33-,38+,39-,40+,41+,42-,43+,44?/m0/s1. The van der Waals surface area contributed by atoms with Crippen LogP contribution in [0.2, 0.25) is 0 Å². The van der Waals surface area contributed by atoms with Gasteiger partial charge >= 0.3 is 0 Å². The summed E-state index contributed by atoms with van der Waals surface area (Å²) in [6.45, 7) is 8.94. The zero-order valence-corrected chi connectivity index (χ0v) is 29.8. The quantitative estimate of drug-likeness (QED) is 0.118. The molecule has 4 aromatic rings. The Bertz CT molecular complexity index is 1500. The first-order valence-corrected chi connectivity index (χ1v) is 18.4. The first-order chi connectivity index (χ1) is 24.5. The van der Waals surface area contributed by atoms with E-state index in [1.165, 1.54) is 6.42 Å². The maximum Gasteiger partial charge on any atom is 0.187 e. The molecule has 50 heavy (non-hydrogen) atoms. The van der Waals surface area contributed by atoms with Crippen molar-refractivity contribution in [3.63, 3.8) is 0 Å². The zero-order valence-electron chi connectivity index (χ0n) is 29.8. The Balaban J connectivity index is 1.33. The van der Waals surface area contributed by atoms with Gasteiger partial charge < -0.3 is 28.4 Å². The van der Waals surface area contributed by atoms with E-state index in [1.54, 1.807) is 0 Å². The molecule has 0 radical (unpaired) electrons. The molecule has 1 aliphatic heterocycles. The van der Waals surface area contributed by atoms with E-state index in [4.69, 9.17) is 28.4 Å². The van der Waals surface area contributed by atoms with Crippen LogP contribution in [0.15, 0.2) is 121 Å². The monoisotopic (exact) mass is 678 g/mol. The van der Waals surface area contributed by atoms with E-state index in [1.807, 2.05) is 72.8 Å². The Hall–Kier alpha value is -3.36. The van der Waals surface area contributed by atoms with E-state index in [2.05, 4.69) is 69.3 Å². The van der Waals surface area contributed by atoms with Crippen LogP contribution in [0.1, 0.15) is 62.3 Å². The first kappa shape index (κ1) is 36.4. The Morgan fingerprint density at radius 3 is 1.54 bits per heavy atom. The fourth-order valence-corrected chi connectivity index (χ4v) is 7.30. The molecule has 6 heteroatoms. The van der Waals surface area contributed by atoms with Gasteiger partial charge in [-0.05, 0) is 52.8 Å². The molecule has 1 aliphatic carbocycles. The molecule has 1 saturated carbocycles. The van der Waals surface area contributed by atoms with Crippen LogP contribution in [-0.2, 0) is 54.8 Å². The summed E-state index contributed by atoms with van der Waals surface area (Å²) in [4.78, 5) is 0. The number of rotatable bonds is 16. The SMILES string of the molecule is CC(C)[C@H]1CC[C@H](C)C[C@@H]1OC1O[C@H](COCc2ccccc2)[C@@H](OCc2ccccc2)[C@H](OCc2ccccc2)[C@H]1OCc1ccccc1. The van der Waals surface area contributed by atoms with Crippen LogP contribution in [0.4, 0.5) is 0 Å². The summed E-state index contributed by atoms with van der Waals surface area (Å²) < 4.78 is 41.1. The molecule has 6 nitrogen and oxygen atoms in total. The average molecular weight is 679 g/mol. The van der Waals surface area contributed by atoms with Gasteiger partial charge in [0.2, 0.25) is 0 Å². The van der Waals surface area contributed by atoms with Crippen molar-refractivity contribution in [1.29, 1.82) is 0 Å². The minimum atomic E-state index is -0.669. The molecule has 0 N–H and O–H groups in total.